The van der Waals surface area contributed by atoms with Gasteiger partial charge in [0, 0.05) is 19.0 Å². The van der Waals surface area contributed by atoms with Crippen molar-refractivity contribution in [3.8, 4) is 0 Å². The molecule has 0 aromatic carbocycles. The molecule has 1 unspecified atom stereocenters. The summed E-state index contributed by atoms with van der Waals surface area (Å²) in [7, 11) is 4.03. The highest BCUT2D eigenvalue weighted by Gasteiger charge is 2.27. The topological polar surface area (TPSA) is 58.4 Å². The molecule has 2 rings (SSSR count). The van der Waals surface area contributed by atoms with E-state index in [1.807, 2.05) is 14.1 Å². The van der Waals surface area contributed by atoms with Gasteiger partial charge in [0.2, 0.25) is 0 Å². The van der Waals surface area contributed by atoms with Gasteiger partial charge in [-0.3, -0.25) is 0 Å². The average Bonchev–Trinajstić information content (AvgIpc) is 2.55. The van der Waals surface area contributed by atoms with Crippen molar-refractivity contribution >= 4 is 17.6 Å². The maximum absolute atomic E-state index is 10.9. The van der Waals surface area contributed by atoms with Crippen LogP contribution in [0.15, 0.2) is 0 Å². The van der Waals surface area contributed by atoms with Gasteiger partial charge in [-0.15, -0.1) is 0 Å². The fraction of sp³-hybridized carbons (Fsp3) is 0.600. The second kappa shape index (κ2) is 4.07. The van der Waals surface area contributed by atoms with Crippen molar-refractivity contribution in [1.29, 1.82) is 0 Å². The molecule has 2 heterocycles. The van der Waals surface area contributed by atoms with Gasteiger partial charge in [0.15, 0.2) is 5.69 Å². The van der Waals surface area contributed by atoms with Crippen LogP contribution in [0, 0.1) is 0 Å². The van der Waals surface area contributed by atoms with Gasteiger partial charge in [-0.25, -0.2) is 9.78 Å². The zero-order chi connectivity index (χ0) is 11.9. The van der Waals surface area contributed by atoms with E-state index in [1.165, 1.54) is 0 Å². The molecule has 1 N–H and O–H groups in total. The SMILES string of the molecule is CN(C)C1CCn2c(nc(C(=O)O)c2Cl)C1. The molecule has 0 saturated heterocycles. The number of hydrogen-bond donors (Lipinski definition) is 1. The molecular weight excluding hydrogens is 230 g/mol. The molecule has 0 saturated carbocycles. The zero-order valence-electron chi connectivity index (χ0n) is 9.27. The Kier molecular flexibility index (Phi) is 2.90. The Morgan fingerprint density at radius 1 is 1.62 bits per heavy atom. The van der Waals surface area contributed by atoms with Gasteiger partial charge in [-0.1, -0.05) is 11.6 Å². The van der Waals surface area contributed by atoms with Crippen LogP contribution in [-0.2, 0) is 13.0 Å². The predicted molar refractivity (Wildman–Crippen MR) is 60.0 cm³/mol. The van der Waals surface area contributed by atoms with Gasteiger partial charge in [-0.2, -0.15) is 0 Å². The van der Waals surface area contributed by atoms with E-state index < -0.39 is 5.97 Å². The molecule has 0 amide bonds. The molecule has 5 nitrogen and oxygen atoms in total. The number of hydrogen-bond acceptors (Lipinski definition) is 3. The van der Waals surface area contributed by atoms with Crippen LogP contribution in [0.5, 0.6) is 0 Å². The lowest BCUT2D eigenvalue weighted by atomic mass is 10.1. The molecule has 1 aromatic heterocycles. The molecule has 0 bridgehead atoms. The number of halogens is 1. The standard InChI is InChI=1S/C10H14ClN3O2/c1-13(2)6-3-4-14-7(5-6)12-8(9(14)11)10(15)16/h6H,3-5H2,1-2H3,(H,15,16). The molecular formula is C10H14ClN3O2. The Balaban J connectivity index is 2.33. The van der Waals surface area contributed by atoms with E-state index in [4.69, 9.17) is 16.7 Å². The van der Waals surface area contributed by atoms with Crippen LogP contribution in [0.25, 0.3) is 0 Å². The largest absolute Gasteiger partial charge is 0.476 e. The van der Waals surface area contributed by atoms with Crippen LogP contribution in [0.2, 0.25) is 5.15 Å². The van der Waals surface area contributed by atoms with Crippen molar-refractivity contribution in [3.63, 3.8) is 0 Å². The van der Waals surface area contributed by atoms with E-state index in [9.17, 15) is 4.79 Å². The summed E-state index contributed by atoms with van der Waals surface area (Å²) in [4.78, 5) is 17.1. The first kappa shape index (κ1) is 11.4. The first-order chi connectivity index (χ1) is 7.50. The van der Waals surface area contributed by atoms with Crippen molar-refractivity contribution < 1.29 is 9.90 Å². The molecule has 0 aliphatic carbocycles. The Morgan fingerprint density at radius 3 is 2.88 bits per heavy atom. The van der Waals surface area contributed by atoms with Crippen LogP contribution >= 0.6 is 11.6 Å². The second-order valence-corrected chi connectivity index (χ2v) is 4.59. The first-order valence-corrected chi connectivity index (χ1v) is 5.53. The summed E-state index contributed by atoms with van der Waals surface area (Å²) < 4.78 is 1.80. The van der Waals surface area contributed by atoms with Gasteiger partial charge in [0.25, 0.3) is 0 Å². The molecule has 1 aromatic rings. The van der Waals surface area contributed by atoms with E-state index in [2.05, 4.69) is 9.88 Å². The Labute approximate surface area is 98.6 Å². The minimum atomic E-state index is -1.06. The van der Waals surface area contributed by atoms with E-state index in [1.54, 1.807) is 4.57 Å². The summed E-state index contributed by atoms with van der Waals surface area (Å²) in [5.74, 6) is -0.291. The third-order valence-corrected chi connectivity index (χ3v) is 3.40. The summed E-state index contributed by atoms with van der Waals surface area (Å²) in [5.41, 5.74) is -0.0314. The molecule has 16 heavy (non-hydrogen) atoms. The third-order valence-electron chi connectivity index (χ3n) is 3.02. The average molecular weight is 244 g/mol. The van der Waals surface area contributed by atoms with E-state index in [0.717, 1.165) is 25.2 Å². The van der Waals surface area contributed by atoms with Crippen molar-refractivity contribution in [2.75, 3.05) is 14.1 Å². The van der Waals surface area contributed by atoms with Gasteiger partial charge >= 0.3 is 5.97 Å². The van der Waals surface area contributed by atoms with Gasteiger partial charge < -0.3 is 14.6 Å². The number of likely N-dealkylation sites (N-methyl/N-ethyl adjacent to an activating group) is 1. The summed E-state index contributed by atoms with van der Waals surface area (Å²) in [5, 5.41) is 9.17. The quantitative estimate of drug-likeness (QED) is 0.846. The molecule has 0 spiro atoms. The highest BCUT2D eigenvalue weighted by Crippen LogP contribution is 2.25. The predicted octanol–water partition coefficient (Wildman–Crippen LogP) is 1.11. The van der Waals surface area contributed by atoms with Crippen LogP contribution < -0.4 is 0 Å². The Bertz CT molecular complexity index is 428. The molecule has 6 heteroatoms. The van der Waals surface area contributed by atoms with Gasteiger partial charge in [-0.05, 0) is 20.5 Å². The van der Waals surface area contributed by atoms with Gasteiger partial charge in [0.05, 0.1) is 0 Å². The highest BCUT2D eigenvalue weighted by atomic mass is 35.5. The number of carboxylic acids is 1. The molecule has 1 aliphatic heterocycles. The number of aromatic carboxylic acids is 1. The molecule has 88 valence electrons. The van der Waals surface area contributed by atoms with Gasteiger partial charge in [0.1, 0.15) is 11.0 Å². The number of fused-ring (bicyclic) bond motifs is 1. The van der Waals surface area contributed by atoms with Crippen LogP contribution in [0.1, 0.15) is 22.7 Å². The summed E-state index contributed by atoms with van der Waals surface area (Å²) in [6.07, 6.45) is 1.72. The smallest absolute Gasteiger partial charge is 0.357 e. The normalized spacial score (nSPS) is 19.9. The van der Waals surface area contributed by atoms with Crippen LogP contribution in [0.4, 0.5) is 0 Å². The highest BCUT2D eigenvalue weighted by molar-refractivity contribution is 6.32. The molecule has 0 fully saturated rings. The molecule has 1 atom stereocenters. The van der Waals surface area contributed by atoms with Crippen molar-refractivity contribution in [3.05, 3.63) is 16.7 Å². The van der Waals surface area contributed by atoms with Crippen molar-refractivity contribution in [1.82, 2.24) is 14.5 Å². The van der Waals surface area contributed by atoms with Crippen LogP contribution in [0.3, 0.4) is 0 Å². The lowest BCUT2D eigenvalue weighted by Crippen LogP contribution is -2.35. The number of carbonyl (C=O) groups is 1. The number of aromatic nitrogens is 2. The first-order valence-electron chi connectivity index (χ1n) is 5.15. The minimum absolute atomic E-state index is 0.0314. The maximum atomic E-state index is 10.9. The number of rotatable bonds is 2. The monoisotopic (exact) mass is 243 g/mol. The molecule has 1 aliphatic rings. The van der Waals surface area contributed by atoms with Crippen LogP contribution in [-0.4, -0.2) is 45.7 Å². The lowest BCUT2D eigenvalue weighted by Gasteiger charge is -2.28. The summed E-state index contributed by atoms with van der Waals surface area (Å²) >= 11 is 5.97. The minimum Gasteiger partial charge on any atom is -0.476 e. The summed E-state index contributed by atoms with van der Waals surface area (Å²) in [6, 6.07) is 0.410. The van der Waals surface area contributed by atoms with Crippen molar-refractivity contribution in [2.45, 2.75) is 25.4 Å². The lowest BCUT2D eigenvalue weighted by molar-refractivity contribution is 0.0691. The molecule has 0 radical (unpaired) electrons. The number of imidazole rings is 1. The Hall–Kier alpha value is -1.07. The number of carboxylic acid groups (broad SMARTS) is 1. The fourth-order valence-corrected chi connectivity index (χ4v) is 2.33. The zero-order valence-corrected chi connectivity index (χ0v) is 10.0. The Morgan fingerprint density at radius 2 is 2.31 bits per heavy atom. The van der Waals surface area contributed by atoms with E-state index in [-0.39, 0.29) is 10.8 Å². The number of nitrogens with zero attached hydrogens (tertiary/aromatic N) is 3. The third kappa shape index (κ3) is 1.81. The van der Waals surface area contributed by atoms with Crippen molar-refractivity contribution in [2.24, 2.45) is 0 Å². The summed E-state index contributed by atoms with van der Waals surface area (Å²) in [6.45, 7) is 0.733. The maximum Gasteiger partial charge on any atom is 0.357 e. The van der Waals surface area contributed by atoms with E-state index >= 15 is 0 Å². The second-order valence-electron chi connectivity index (χ2n) is 4.23. The van der Waals surface area contributed by atoms with E-state index in [0.29, 0.717) is 6.04 Å². The fourth-order valence-electron chi connectivity index (χ4n) is 2.03.